The molecule has 2 N–H and O–H groups in total. The van der Waals surface area contributed by atoms with Crippen molar-refractivity contribution >= 4 is 23.1 Å². The fraction of sp³-hybridized carbons (Fsp3) is 0.500. The second-order valence-corrected chi connectivity index (χ2v) is 7.39. The van der Waals surface area contributed by atoms with Crippen LogP contribution in [-0.2, 0) is 0 Å². The normalized spacial score (nSPS) is 11.3. The molecule has 0 unspecified atom stereocenters. The lowest BCUT2D eigenvalue weighted by Gasteiger charge is -2.23. The number of nitrogens with zero attached hydrogens (tertiary/aromatic N) is 3. The Morgan fingerprint density at radius 1 is 1.00 bits per heavy atom. The number of aryl methyl sites for hydroxylation is 2. The number of nitrogens with one attached hydrogen (secondary N) is 2. The molecular formula is C20H31N5. The van der Waals surface area contributed by atoms with Gasteiger partial charge in [-0.25, -0.2) is 4.98 Å². The SMILES string of the molecule is CCN(CC)c1ccc(Nc2cc(C)nc(NC(C)(C)C)n2)c(C)c1. The fourth-order valence-electron chi connectivity index (χ4n) is 2.74. The largest absolute Gasteiger partial charge is 0.372 e. The van der Waals surface area contributed by atoms with Crippen LogP contribution in [0.1, 0.15) is 45.9 Å². The lowest BCUT2D eigenvalue weighted by atomic mass is 10.1. The molecule has 0 aliphatic rings. The van der Waals surface area contributed by atoms with Gasteiger partial charge < -0.3 is 15.5 Å². The smallest absolute Gasteiger partial charge is 0.225 e. The number of benzene rings is 1. The Bertz CT molecular complexity index is 715. The Hall–Kier alpha value is -2.30. The van der Waals surface area contributed by atoms with E-state index < -0.39 is 0 Å². The van der Waals surface area contributed by atoms with E-state index in [2.05, 4.69) is 85.2 Å². The summed E-state index contributed by atoms with van der Waals surface area (Å²) in [6.07, 6.45) is 0. The maximum absolute atomic E-state index is 4.60. The third-order valence-corrected chi connectivity index (χ3v) is 3.94. The van der Waals surface area contributed by atoms with E-state index in [0.717, 1.165) is 30.3 Å². The van der Waals surface area contributed by atoms with Crippen LogP contribution in [-0.4, -0.2) is 28.6 Å². The van der Waals surface area contributed by atoms with Crippen LogP contribution in [0.25, 0.3) is 0 Å². The van der Waals surface area contributed by atoms with E-state index in [0.29, 0.717) is 5.95 Å². The topological polar surface area (TPSA) is 53.1 Å². The van der Waals surface area contributed by atoms with Crippen LogP contribution in [0.2, 0.25) is 0 Å². The molecule has 2 aromatic rings. The van der Waals surface area contributed by atoms with Crippen molar-refractivity contribution in [1.29, 1.82) is 0 Å². The van der Waals surface area contributed by atoms with Crippen molar-refractivity contribution in [3.8, 4) is 0 Å². The first kappa shape index (κ1) is 19.0. The molecule has 136 valence electrons. The summed E-state index contributed by atoms with van der Waals surface area (Å²) in [7, 11) is 0. The van der Waals surface area contributed by atoms with Crippen molar-refractivity contribution in [3.05, 3.63) is 35.5 Å². The summed E-state index contributed by atoms with van der Waals surface area (Å²) in [4.78, 5) is 11.4. The second kappa shape index (κ2) is 7.72. The van der Waals surface area contributed by atoms with Crippen LogP contribution in [0.3, 0.4) is 0 Å². The molecule has 0 aliphatic carbocycles. The van der Waals surface area contributed by atoms with E-state index in [9.17, 15) is 0 Å². The maximum Gasteiger partial charge on any atom is 0.225 e. The van der Waals surface area contributed by atoms with E-state index in [-0.39, 0.29) is 5.54 Å². The summed E-state index contributed by atoms with van der Waals surface area (Å²) in [5.74, 6) is 1.45. The van der Waals surface area contributed by atoms with E-state index in [1.807, 2.05) is 13.0 Å². The lowest BCUT2D eigenvalue weighted by molar-refractivity contribution is 0.625. The van der Waals surface area contributed by atoms with Gasteiger partial charge in [0, 0.05) is 41.8 Å². The number of rotatable bonds is 6. The first-order chi connectivity index (χ1) is 11.7. The first-order valence-corrected chi connectivity index (χ1v) is 8.98. The molecule has 0 amide bonds. The highest BCUT2D eigenvalue weighted by Gasteiger charge is 2.13. The molecule has 25 heavy (non-hydrogen) atoms. The molecule has 0 atom stereocenters. The standard InChI is InChI=1S/C20H31N5/c1-8-25(9-2)16-10-11-17(14(3)12-16)22-18-13-15(4)21-19(23-18)24-20(5,6)7/h10-13H,8-9H2,1-7H3,(H2,21,22,23,24). The Balaban J connectivity index is 2.24. The Labute approximate surface area is 151 Å². The number of anilines is 4. The average molecular weight is 342 g/mol. The van der Waals surface area contributed by atoms with Gasteiger partial charge in [-0.1, -0.05) is 0 Å². The first-order valence-electron chi connectivity index (χ1n) is 8.98. The number of hydrogen-bond acceptors (Lipinski definition) is 5. The molecule has 0 spiro atoms. The molecule has 2 rings (SSSR count). The lowest BCUT2D eigenvalue weighted by Crippen LogP contribution is -2.27. The summed E-state index contributed by atoms with van der Waals surface area (Å²) in [6.45, 7) is 16.8. The van der Waals surface area contributed by atoms with Crippen LogP contribution in [0.4, 0.5) is 23.1 Å². The molecular weight excluding hydrogens is 310 g/mol. The monoisotopic (exact) mass is 341 g/mol. The van der Waals surface area contributed by atoms with Crippen LogP contribution in [0.5, 0.6) is 0 Å². The third-order valence-electron chi connectivity index (χ3n) is 3.94. The summed E-state index contributed by atoms with van der Waals surface area (Å²) in [6, 6.07) is 8.46. The Kier molecular flexibility index (Phi) is 5.88. The predicted molar refractivity (Wildman–Crippen MR) is 108 cm³/mol. The second-order valence-electron chi connectivity index (χ2n) is 7.39. The fourth-order valence-corrected chi connectivity index (χ4v) is 2.74. The van der Waals surface area contributed by atoms with Gasteiger partial charge in [-0.2, -0.15) is 4.98 Å². The van der Waals surface area contributed by atoms with Crippen molar-refractivity contribution in [2.75, 3.05) is 28.6 Å². The molecule has 1 aromatic carbocycles. The van der Waals surface area contributed by atoms with Gasteiger partial charge in [0.15, 0.2) is 0 Å². The summed E-state index contributed by atoms with van der Waals surface area (Å²) in [5, 5.41) is 6.76. The summed E-state index contributed by atoms with van der Waals surface area (Å²) in [5.41, 5.74) is 4.37. The van der Waals surface area contributed by atoms with Crippen molar-refractivity contribution in [2.45, 2.75) is 54.0 Å². The molecule has 0 saturated heterocycles. The molecule has 0 bridgehead atoms. The van der Waals surface area contributed by atoms with Gasteiger partial charge >= 0.3 is 0 Å². The van der Waals surface area contributed by atoms with Gasteiger partial charge in [0.05, 0.1) is 0 Å². The molecule has 1 aromatic heterocycles. The van der Waals surface area contributed by atoms with Crippen LogP contribution in [0.15, 0.2) is 24.3 Å². The van der Waals surface area contributed by atoms with Crippen molar-refractivity contribution < 1.29 is 0 Å². The zero-order valence-corrected chi connectivity index (χ0v) is 16.6. The average Bonchev–Trinajstić information content (AvgIpc) is 2.49. The summed E-state index contributed by atoms with van der Waals surface area (Å²) < 4.78 is 0. The summed E-state index contributed by atoms with van der Waals surface area (Å²) >= 11 is 0. The highest BCUT2D eigenvalue weighted by Crippen LogP contribution is 2.25. The van der Waals surface area contributed by atoms with Crippen molar-refractivity contribution in [3.63, 3.8) is 0 Å². The van der Waals surface area contributed by atoms with Gasteiger partial charge in [-0.3, -0.25) is 0 Å². The van der Waals surface area contributed by atoms with Crippen LogP contribution >= 0.6 is 0 Å². The highest BCUT2D eigenvalue weighted by atomic mass is 15.2. The molecule has 1 heterocycles. The van der Waals surface area contributed by atoms with Crippen molar-refractivity contribution in [1.82, 2.24) is 9.97 Å². The molecule has 5 nitrogen and oxygen atoms in total. The number of aromatic nitrogens is 2. The molecule has 0 saturated carbocycles. The van der Waals surface area contributed by atoms with E-state index in [1.165, 1.54) is 11.3 Å². The molecule has 5 heteroatoms. The van der Waals surface area contributed by atoms with E-state index >= 15 is 0 Å². The zero-order chi connectivity index (χ0) is 18.6. The van der Waals surface area contributed by atoms with Crippen molar-refractivity contribution in [2.24, 2.45) is 0 Å². The van der Waals surface area contributed by atoms with Gasteiger partial charge in [0.1, 0.15) is 5.82 Å². The predicted octanol–water partition coefficient (Wildman–Crippen LogP) is 4.89. The molecule has 0 radical (unpaired) electrons. The third kappa shape index (κ3) is 5.34. The van der Waals surface area contributed by atoms with E-state index in [1.54, 1.807) is 0 Å². The molecule has 0 aliphatic heterocycles. The van der Waals surface area contributed by atoms with Crippen LogP contribution < -0.4 is 15.5 Å². The minimum Gasteiger partial charge on any atom is -0.372 e. The van der Waals surface area contributed by atoms with Gasteiger partial charge in [-0.15, -0.1) is 0 Å². The molecule has 0 fully saturated rings. The minimum absolute atomic E-state index is 0.0770. The van der Waals surface area contributed by atoms with Gasteiger partial charge in [0.25, 0.3) is 0 Å². The maximum atomic E-state index is 4.60. The van der Waals surface area contributed by atoms with Crippen LogP contribution in [0, 0.1) is 13.8 Å². The Morgan fingerprint density at radius 3 is 2.24 bits per heavy atom. The quantitative estimate of drug-likeness (QED) is 0.783. The van der Waals surface area contributed by atoms with Gasteiger partial charge in [0.2, 0.25) is 5.95 Å². The minimum atomic E-state index is -0.0770. The Morgan fingerprint density at radius 2 is 1.68 bits per heavy atom. The number of hydrogen-bond donors (Lipinski definition) is 2. The zero-order valence-electron chi connectivity index (χ0n) is 16.6. The highest BCUT2D eigenvalue weighted by molar-refractivity contribution is 5.66. The van der Waals surface area contributed by atoms with E-state index in [4.69, 9.17) is 0 Å². The van der Waals surface area contributed by atoms with Gasteiger partial charge in [-0.05, 0) is 72.2 Å².